The van der Waals surface area contributed by atoms with Crippen LogP contribution in [0, 0.1) is 0 Å². The van der Waals surface area contributed by atoms with Gasteiger partial charge < -0.3 is 23.9 Å². The zero-order valence-electron chi connectivity index (χ0n) is 12.8. The first kappa shape index (κ1) is 16.4. The Kier molecular flexibility index (Phi) is 5.62. The highest BCUT2D eigenvalue weighted by atomic mass is 16.5. The molecule has 1 heterocycles. The fourth-order valence-electron chi connectivity index (χ4n) is 1.84. The average molecular weight is 319 g/mol. The van der Waals surface area contributed by atoms with Gasteiger partial charge in [0.25, 0.3) is 5.91 Å². The van der Waals surface area contributed by atoms with Crippen molar-refractivity contribution in [3.05, 3.63) is 47.9 Å². The summed E-state index contributed by atoms with van der Waals surface area (Å²) in [6.07, 6.45) is 2.61. The minimum absolute atomic E-state index is 0.262. The monoisotopic (exact) mass is 319 g/mol. The SMILES string of the molecule is COc1ccc(CNC(=O)COC(=O)c2ccoc2)cc1OC. The van der Waals surface area contributed by atoms with Crippen LogP contribution in [0.2, 0.25) is 0 Å². The zero-order chi connectivity index (χ0) is 16.7. The van der Waals surface area contributed by atoms with Gasteiger partial charge in [-0.3, -0.25) is 4.79 Å². The minimum Gasteiger partial charge on any atom is -0.493 e. The van der Waals surface area contributed by atoms with Gasteiger partial charge in [0.2, 0.25) is 0 Å². The molecule has 0 aliphatic carbocycles. The maximum atomic E-state index is 11.7. The molecule has 2 aromatic rings. The number of esters is 1. The number of benzene rings is 1. The Balaban J connectivity index is 1.81. The highest BCUT2D eigenvalue weighted by molar-refractivity contribution is 5.90. The third kappa shape index (κ3) is 4.50. The number of amides is 1. The number of furan rings is 1. The lowest BCUT2D eigenvalue weighted by molar-refractivity contribution is -0.124. The van der Waals surface area contributed by atoms with Gasteiger partial charge >= 0.3 is 5.97 Å². The second-order valence-corrected chi connectivity index (χ2v) is 4.55. The lowest BCUT2D eigenvalue weighted by Crippen LogP contribution is -2.28. The molecule has 2 rings (SSSR count). The molecule has 1 aromatic carbocycles. The van der Waals surface area contributed by atoms with Crippen LogP contribution in [-0.2, 0) is 16.1 Å². The van der Waals surface area contributed by atoms with Gasteiger partial charge in [-0.25, -0.2) is 4.79 Å². The summed E-state index contributed by atoms with van der Waals surface area (Å²) in [6.45, 7) is -0.0836. The molecule has 0 saturated carbocycles. The van der Waals surface area contributed by atoms with E-state index in [1.165, 1.54) is 25.7 Å². The van der Waals surface area contributed by atoms with Crippen molar-refractivity contribution in [2.45, 2.75) is 6.54 Å². The van der Waals surface area contributed by atoms with E-state index in [-0.39, 0.29) is 18.7 Å². The third-order valence-corrected chi connectivity index (χ3v) is 3.03. The molecule has 1 aromatic heterocycles. The summed E-state index contributed by atoms with van der Waals surface area (Å²) in [7, 11) is 3.09. The Hall–Kier alpha value is -2.96. The van der Waals surface area contributed by atoms with Gasteiger partial charge in [0.05, 0.1) is 26.0 Å². The fourth-order valence-corrected chi connectivity index (χ4v) is 1.84. The second-order valence-electron chi connectivity index (χ2n) is 4.55. The topological polar surface area (TPSA) is 87.0 Å². The second kappa shape index (κ2) is 7.88. The highest BCUT2D eigenvalue weighted by Crippen LogP contribution is 2.27. The molecule has 0 radical (unpaired) electrons. The zero-order valence-corrected chi connectivity index (χ0v) is 12.8. The number of hydrogen-bond acceptors (Lipinski definition) is 6. The van der Waals surface area contributed by atoms with E-state index >= 15 is 0 Å². The van der Waals surface area contributed by atoms with Gasteiger partial charge in [-0.15, -0.1) is 0 Å². The lowest BCUT2D eigenvalue weighted by atomic mass is 10.2. The van der Waals surface area contributed by atoms with Gasteiger partial charge in [-0.2, -0.15) is 0 Å². The molecule has 7 heteroatoms. The van der Waals surface area contributed by atoms with E-state index in [9.17, 15) is 9.59 Å². The molecular formula is C16H17NO6. The number of carbonyl (C=O) groups excluding carboxylic acids is 2. The molecule has 0 bridgehead atoms. The summed E-state index contributed by atoms with van der Waals surface area (Å²) in [5.74, 6) is 0.166. The van der Waals surface area contributed by atoms with Crippen molar-refractivity contribution in [1.82, 2.24) is 5.32 Å². The molecule has 0 spiro atoms. The highest BCUT2D eigenvalue weighted by Gasteiger charge is 2.11. The number of ether oxygens (including phenoxy) is 3. The molecule has 122 valence electrons. The van der Waals surface area contributed by atoms with Crippen molar-refractivity contribution >= 4 is 11.9 Å². The van der Waals surface area contributed by atoms with Gasteiger partial charge in [0.15, 0.2) is 18.1 Å². The van der Waals surface area contributed by atoms with Gasteiger partial charge in [0.1, 0.15) is 6.26 Å². The molecule has 0 unspecified atom stereocenters. The molecule has 1 N–H and O–H groups in total. The first-order chi connectivity index (χ1) is 11.1. The van der Waals surface area contributed by atoms with Gasteiger partial charge in [-0.05, 0) is 23.8 Å². The average Bonchev–Trinajstić information content (AvgIpc) is 3.12. The van der Waals surface area contributed by atoms with Crippen LogP contribution in [0.5, 0.6) is 11.5 Å². The molecule has 1 amide bonds. The molecule has 7 nitrogen and oxygen atoms in total. The maximum Gasteiger partial charge on any atom is 0.341 e. The van der Waals surface area contributed by atoms with Crippen LogP contribution < -0.4 is 14.8 Å². The van der Waals surface area contributed by atoms with Crippen LogP contribution in [-0.4, -0.2) is 32.7 Å². The predicted molar refractivity (Wildman–Crippen MR) is 80.4 cm³/mol. The van der Waals surface area contributed by atoms with E-state index in [4.69, 9.17) is 18.6 Å². The van der Waals surface area contributed by atoms with Crippen molar-refractivity contribution in [2.24, 2.45) is 0 Å². The summed E-state index contributed by atoms with van der Waals surface area (Å²) >= 11 is 0. The smallest absolute Gasteiger partial charge is 0.341 e. The normalized spacial score (nSPS) is 10.0. The summed E-state index contributed by atoms with van der Waals surface area (Å²) in [6, 6.07) is 6.78. The number of rotatable bonds is 7. The van der Waals surface area contributed by atoms with Crippen LogP contribution in [0.25, 0.3) is 0 Å². The summed E-state index contributed by atoms with van der Waals surface area (Å²) in [4.78, 5) is 23.2. The first-order valence-corrected chi connectivity index (χ1v) is 6.81. The molecule has 0 fully saturated rings. The van der Waals surface area contributed by atoms with Crippen molar-refractivity contribution in [2.75, 3.05) is 20.8 Å². The predicted octanol–water partition coefficient (Wildman–Crippen LogP) is 1.77. The minimum atomic E-state index is -0.611. The van der Waals surface area contributed by atoms with E-state index in [1.54, 1.807) is 25.3 Å². The van der Waals surface area contributed by atoms with Crippen LogP contribution >= 0.6 is 0 Å². The number of carbonyl (C=O) groups is 2. The van der Waals surface area contributed by atoms with Gasteiger partial charge in [-0.1, -0.05) is 6.07 Å². The Bertz CT molecular complexity index is 665. The van der Waals surface area contributed by atoms with E-state index in [0.717, 1.165) is 5.56 Å². The molecule has 0 aliphatic rings. The molecule has 0 aliphatic heterocycles. The largest absolute Gasteiger partial charge is 0.493 e. The Morgan fingerprint density at radius 2 is 1.91 bits per heavy atom. The Morgan fingerprint density at radius 3 is 2.57 bits per heavy atom. The first-order valence-electron chi connectivity index (χ1n) is 6.81. The van der Waals surface area contributed by atoms with Crippen LogP contribution in [0.1, 0.15) is 15.9 Å². The van der Waals surface area contributed by atoms with Crippen molar-refractivity contribution in [3.8, 4) is 11.5 Å². The Morgan fingerprint density at radius 1 is 1.13 bits per heavy atom. The molecular weight excluding hydrogens is 302 g/mol. The summed E-state index contributed by atoms with van der Waals surface area (Å²) < 4.78 is 20.0. The third-order valence-electron chi connectivity index (χ3n) is 3.03. The standard InChI is InChI=1S/C16H17NO6/c1-20-13-4-3-11(7-14(13)21-2)8-17-15(18)10-23-16(19)12-5-6-22-9-12/h3-7,9H,8,10H2,1-2H3,(H,17,18). The van der Waals surface area contributed by atoms with E-state index in [0.29, 0.717) is 11.5 Å². The van der Waals surface area contributed by atoms with Crippen LogP contribution in [0.3, 0.4) is 0 Å². The van der Waals surface area contributed by atoms with Crippen molar-refractivity contribution in [1.29, 1.82) is 0 Å². The lowest BCUT2D eigenvalue weighted by Gasteiger charge is -2.10. The number of methoxy groups -OCH3 is 2. The molecule has 0 atom stereocenters. The number of hydrogen-bond donors (Lipinski definition) is 1. The van der Waals surface area contributed by atoms with Crippen molar-refractivity contribution < 1.29 is 28.2 Å². The summed E-state index contributed by atoms with van der Waals surface area (Å²) in [5.41, 5.74) is 1.09. The maximum absolute atomic E-state index is 11.7. The van der Waals surface area contributed by atoms with Crippen molar-refractivity contribution in [3.63, 3.8) is 0 Å². The molecule has 0 saturated heterocycles. The quantitative estimate of drug-likeness (QED) is 0.783. The molecule has 23 heavy (non-hydrogen) atoms. The van der Waals surface area contributed by atoms with Crippen LogP contribution in [0.15, 0.2) is 41.2 Å². The summed E-state index contributed by atoms with van der Waals surface area (Å²) in [5, 5.41) is 2.65. The van der Waals surface area contributed by atoms with Crippen LogP contribution in [0.4, 0.5) is 0 Å². The Labute approximate surface area is 133 Å². The van der Waals surface area contributed by atoms with E-state index in [2.05, 4.69) is 5.32 Å². The van der Waals surface area contributed by atoms with E-state index < -0.39 is 11.9 Å². The van der Waals surface area contributed by atoms with E-state index in [1.807, 2.05) is 0 Å². The number of nitrogens with one attached hydrogen (secondary N) is 1. The fraction of sp³-hybridized carbons (Fsp3) is 0.250. The van der Waals surface area contributed by atoms with Gasteiger partial charge in [0, 0.05) is 6.54 Å².